The van der Waals surface area contributed by atoms with E-state index in [2.05, 4.69) is 41.3 Å². The first-order valence-corrected chi connectivity index (χ1v) is 9.23. The molecule has 2 aromatic rings. The molecule has 24 heavy (non-hydrogen) atoms. The van der Waals surface area contributed by atoms with Crippen molar-refractivity contribution in [1.29, 1.82) is 0 Å². The Morgan fingerprint density at radius 3 is 2.38 bits per heavy atom. The molecule has 1 fully saturated rings. The predicted octanol–water partition coefficient (Wildman–Crippen LogP) is 4.74. The molecule has 1 atom stereocenters. The Morgan fingerprint density at radius 2 is 1.58 bits per heavy atom. The third-order valence-corrected chi connectivity index (χ3v) is 5.77. The summed E-state index contributed by atoms with van der Waals surface area (Å²) in [6.45, 7) is 2.23. The van der Waals surface area contributed by atoms with Crippen LogP contribution in [0.2, 0.25) is 0 Å². The number of aryl methyl sites for hydroxylation is 1. The second kappa shape index (κ2) is 6.80. The highest BCUT2D eigenvalue weighted by Gasteiger charge is 2.30. The van der Waals surface area contributed by atoms with Crippen molar-refractivity contribution < 1.29 is 4.79 Å². The minimum absolute atomic E-state index is 0.244. The van der Waals surface area contributed by atoms with Gasteiger partial charge in [-0.15, -0.1) is 0 Å². The number of hydrogen-bond acceptors (Lipinski definition) is 2. The van der Waals surface area contributed by atoms with Gasteiger partial charge in [-0.3, -0.25) is 4.79 Å². The number of fused-ring (bicyclic) bond motifs is 1. The van der Waals surface area contributed by atoms with Gasteiger partial charge < -0.3 is 4.90 Å². The number of carbonyl (C=O) groups is 1. The molecule has 2 aromatic carbocycles. The van der Waals surface area contributed by atoms with Crippen molar-refractivity contribution in [2.24, 2.45) is 11.8 Å². The molecule has 1 heterocycles. The number of benzene rings is 2. The van der Waals surface area contributed by atoms with E-state index in [4.69, 9.17) is 0 Å². The predicted molar refractivity (Wildman–Crippen MR) is 98.6 cm³/mol. The Bertz CT molecular complexity index is 701. The van der Waals surface area contributed by atoms with Crippen LogP contribution >= 0.6 is 0 Å². The topological polar surface area (TPSA) is 20.3 Å². The molecule has 1 aliphatic heterocycles. The van der Waals surface area contributed by atoms with E-state index < -0.39 is 0 Å². The van der Waals surface area contributed by atoms with Gasteiger partial charge in [0, 0.05) is 30.3 Å². The molecule has 1 aliphatic carbocycles. The second-order valence-electron chi connectivity index (χ2n) is 7.26. The van der Waals surface area contributed by atoms with Gasteiger partial charge in [0.2, 0.25) is 0 Å². The van der Waals surface area contributed by atoms with E-state index in [1.54, 1.807) is 0 Å². The van der Waals surface area contributed by atoms with Crippen molar-refractivity contribution >= 4 is 11.5 Å². The summed E-state index contributed by atoms with van der Waals surface area (Å²) in [5, 5.41) is 0. The molecule has 0 N–H and O–H groups in total. The van der Waals surface area contributed by atoms with Crippen LogP contribution in [0.15, 0.2) is 54.6 Å². The molecular formula is C22H25NO. The number of hydrogen-bond donors (Lipinski definition) is 0. The quantitative estimate of drug-likeness (QED) is 0.814. The average molecular weight is 319 g/mol. The van der Waals surface area contributed by atoms with Crippen LogP contribution in [0, 0.1) is 11.8 Å². The number of nitrogens with zero attached hydrogens (tertiary/aromatic N) is 1. The van der Waals surface area contributed by atoms with Gasteiger partial charge in [0.1, 0.15) is 0 Å². The number of para-hydroxylation sites is 1. The lowest BCUT2D eigenvalue weighted by Gasteiger charge is -2.35. The summed E-state index contributed by atoms with van der Waals surface area (Å²) >= 11 is 0. The number of Topliss-reactive ketones (excluding diaryl/α,β-unsaturated/α-hetero) is 1. The van der Waals surface area contributed by atoms with E-state index in [0.29, 0.717) is 11.7 Å². The third kappa shape index (κ3) is 3.10. The maximum atomic E-state index is 12.8. The second-order valence-corrected chi connectivity index (χ2v) is 7.26. The van der Waals surface area contributed by atoms with Crippen LogP contribution in [0.1, 0.15) is 41.6 Å². The normalized spacial score (nSPS) is 21.6. The Kier molecular flexibility index (Phi) is 4.38. The fraction of sp³-hybridized carbons (Fsp3) is 0.409. The van der Waals surface area contributed by atoms with Gasteiger partial charge in [0.25, 0.3) is 0 Å². The fourth-order valence-electron chi connectivity index (χ4n) is 4.35. The summed E-state index contributed by atoms with van der Waals surface area (Å²) in [7, 11) is 0. The molecular weight excluding hydrogens is 294 g/mol. The Morgan fingerprint density at radius 1 is 0.875 bits per heavy atom. The highest BCUT2D eigenvalue weighted by atomic mass is 16.1. The maximum Gasteiger partial charge on any atom is 0.166 e. The fourth-order valence-corrected chi connectivity index (χ4v) is 4.35. The van der Waals surface area contributed by atoms with E-state index in [9.17, 15) is 4.79 Å². The summed E-state index contributed by atoms with van der Waals surface area (Å²) < 4.78 is 0. The van der Waals surface area contributed by atoms with Gasteiger partial charge in [-0.2, -0.15) is 0 Å². The zero-order chi connectivity index (χ0) is 16.4. The van der Waals surface area contributed by atoms with Gasteiger partial charge in [0.05, 0.1) is 0 Å². The van der Waals surface area contributed by atoms with E-state index in [0.717, 1.165) is 37.9 Å². The zero-order valence-corrected chi connectivity index (χ0v) is 14.2. The van der Waals surface area contributed by atoms with Gasteiger partial charge >= 0.3 is 0 Å². The molecule has 124 valence electrons. The lowest BCUT2D eigenvalue weighted by atomic mass is 9.76. The summed E-state index contributed by atoms with van der Waals surface area (Å²) in [5.74, 6) is 1.33. The zero-order valence-electron chi connectivity index (χ0n) is 14.2. The smallest absolute Gasteiger partial charge is 0.166 e. The van der Waals surface area contributed by atoms with Crippen LogP contribution in [0.4, 0.5) is 5.69 Å². The number of piperidine rings is 1. The number of ketones is 1. The molecule has 2 aliphatic rings. The van der Waals surface area contributed by atoms with E-state index in [1.807, 2.05) is 18.2 Å². The summed E-state index contributed by atoms with van der Waals surface area (Å²) in [6, 6.07) is 18.9. The molecule has 0 aromatic heterocycles. The van der Waals surface area contributed by atoms with Crippen LogP contribution in [-0.4, -0.2) is 18.9 Å². The van der Waals surface area contributed by atoms with Crippen LogP contribution in [0.3, 0.4) is 0 Å². The van der Waals surface area contributed by atoms with Crippen molar-refractivity contribution in [3.63, 3.8) is 0 Å². The molecule has 2 heteroatoms. The number of anilines is 1. The van der Waals surface area contributed by atoms with Crippen LogP contribution in [0.25, 0.3) is 0 Å². The molecule has 1 unspecified atom stereocenters. The lowest BCUT2D eigenvalue weighted by Crippen LogP contribution is -2.35. The van der Waals surface area contributed by atoms with Crippen LogP contribution in [0.5, 0.6) is 0 Å². The van der Waals surface area contributed by atoms with Crippen molar-refractivity contribution in [3.05, 3.63) is 65.7 Å². The molecule has 0 spiro atoms. The summed E-state index contributed by atoms with van der Waals surface area (Å²) in [6.07, 6.45) is 5.60. The molecule has 1 saturated heterocycles. The van der Waals surface area contributed by atoms with Crippen molar-refractivity contribution in [1.82, 2.24) is 0 Å². The largest absolute Gasteiger partial charge is 0.372 e. The Hall–Kier alpha value is -2.09. The SMILES string of the molecule is O=C1c2ccccc2CCC1CC1CCN(c2ccccc2)CC1. The van der Waals surface area contributed by atoms with Crippen molar-refractivity contribution in [2.45, 2.75) is 32.1 Å². The number of rotatable bonds is 3. The minimum atomic E-state index is 0.244. The Balaban J connectivity index is 1.35. The van der Waals surface area contributed by atoms with E-state index in [-0.39, 0.29) is 5.92 Å². The van der Waals surface area contributed by atoms with Gasteiger partial charge in [-0.25, -0.2) is 0 Å². The molecule has 4 rings (SSSR count). The first-order valence-electron chi connectivity index (χ1n) is 9.23. The molecule has 0 saturated carbocycles. The summed E-state index contributed by atoms with van der Waals surface area (Å²) in [5.41, 5.74) is 3.56. The molecule has 0 bridgehead atoms. The maximum absolute atomic E-state index is 12.8. The highest BCUT2D eigenvalue weighted by molar-refractivity contribution is 6.00. The molecule has 2 nitrogen and oxygen atoms in total. The summed E-state index contributed by atoms with van der Waals surface area (Å²) in [4.78, 5) is 15.2. The highest BCUT2D eigenvalue weighted by Crippen LogP contribution is 2.33. The van der Waals surface area contributed by atoms with Crippen LogP contribution < -0.4 is 4.90 Å². The van der Waals surface area contributed by atoms with Crippen molar-refractivity contribution in [3.8, 4) is 0 Å². The van der Waals surface area contributed by atoms with Gasteiger partial charge in [-0.1, -0.05) is 42.5 Å². The monoisotopic (exact) mass is 319 g/mol. The third-order valence-electron chi connectivity index (χ3n) is 5.77. The standard InChI is InChI=1S/C22H25NO/c24-22-19(11-10-18-6-4-5-9-21(18)22)16-17-12-14-23(15-13-17)20-7-2-1-3-8-20/h1-9,17,19H,10-16H2. The first kappa shape index (κ1) is 15.4. The molecule has 0 radical (unpaired) electrons. The average Bonchev–Trinajstić information content (AvgIpc) is 2.66. The van der Waals surface area contributed by atoms with Gasteiger partial charge in [-0.05, 0) is 55.7 Å². The number of carbonyl (C=O) groups excluding carboxylic acids is 1. The van der Waals surface area contributed by atoms with Gasteiger partial charge in [0.15, 0.2) is 5.78 Å². The van der Waals surface area contributed by atoms with E-state index >= 15 is 0 Å². The molecule has 0 amide bonds. The van der Waals surface area contributed by atoms with E-state index in [1.165, 1.54) is 24.1 Å². The lowest BCUT2D eigenvalue weighted by molar-refractivity contribution is 0.0874. The van der Waals surface area contributed by atoms with Crippen molar-refractivity contribution in [2.75, 3.05) is 18.0 Å². The minimum Gasteiger partial charge on any atom is -0.372 e. The first-order chi connectivity index (χ1) is 11.8. The Labute approximate surface area is 144 Å². The van der Waals surface area contributed by atoms with Crippen LogP contribution in [-0.2, 0) is 6.42 Å².